The summed E-state index contributed by atoms with van der Waals surface area (Å²) >= 11 is 0. The summed E-state index contributed by atoms with van der Waals surface area (Å²) in [4.78, 5) is 25.6. The number of nitrogens with two attached hydrogens (primary N) is 1. The molecule has 0 saturated carbocycles. The maximum Gasteiger partial charge on any atom is 0.248 e. The number of benzene rings is 2. The minimum atomic E-state index is -0.170. The van der Waals surface area contributed by atoms with Crippen LogP contribution < -0.4 is 11.1 Å². The second-order valence-electron chi connectivity index (χ2n) is 7.20. The van der Waals surface area contributed by atoms with E-state index in [2.05, 4.69) is 10.2 Å². The van der Waals surface area contributed by atoms with Crippen molar-refractivity contribution in [1.29, 1.82) is 0 Å². The molecule has 146 valence electrons. The number of anilines is 1. The third kappa shape index (κ3) is 6.06. The van der Waals surface area contributed by atoms with E-state index in [4.69, 9.17) is 5.73 Å². The minimum Gasteiger partial charge on any atom is -0.369 e. The Kier molecular flexibility index (Phi) is 6.98. The van der Waals surface area contributed by atoms with E-state index in [1.807, 2.05) is 54.6 Å². The highest BCUT2D eigenvalue weighted by Gasteiger charge is 2.22. The lowest BCUT2D eigenvalue weighted by atomic mass is 9.96. The van der Waals surface area contributed by atoms with Gasteiger partial charge in [0.05, 0.1) is 0 Å². The molecule has 0 radical (unpaired) electrons. The SMILES string of the molecule is NC(=O)C1CCN(CCc2ccc(NC(=O)/C=C/c3ccccc3)cc2)CC1. The average Bonchev–Trinajstić information content (AvgIpc) is 2.73. The maximum absolute atomic E-state index is 12.0. The van der Waals surface area contributed by atoms with Gasteiger partial charge in [-0.15, -0.1) is 0 Å². The van der Waals surface area contributed by atoms with Crippen LogP contribution in [0.25, 0.3) is 6.08 Å². The van der Waals surface area contributed by atoms with E-state index in [9.17, 15) is 9.59 Å². The number of hydrogen-bond donors (Lipinski definition) is 2. The minimum absolute atomic E-state index is 0.0371. The highest BCUT2D eigenvalue weighted by atomic mass is 16.1. The van der Waals surface area contributed by atoms with Crippen LogP contribution in [0.3, 0.4) is 0 Å². The van der Waals surface area contributed by atoms with E-state index >= 15 is 0 Å². The number of amides is 2. The van der Waals surface area contributed by atoms with Gasteiger partial charge in [-0.3, -0.25) is 9.59 Å². The zero-order valence-electron chi connectivity index (χ0n) is 16.0. The third-order valence-corrected chi connectivity index (χ3v) is 5.15. The van der Waals surface area contributed by atoms with E-state index in [0.29, 0.717) is 0 Å². The molecule has 1 aliphatic rings. The highest BCUT2D eigenvalue weighted by molar-refractivity contribution is 6.01. The Bertz CT molecular complexity index is 808. The van der Waals surface area contributed by atoms with Crippen LogP contribution in [0.2, 0.25) is 0 Å². The van der Waals surface area contributed by atoms with Crippen molar-refractivity contribution in [3.8, 4) is 0 Å². The number of carbonyl (C=O) groups is 2. The molecule has 1 saturated heterocycles. The van der Waals surface area contributed by atoms with Gasteiger partial charge in [0, 0.05) is 24.2 Å². The van der Waals surface area contributed by atoms with Gasteiger partial charge in [-0.2, -0.15) is 0 Å². The van der Waals surface area contributed by atoms with Crippen LogP contribution in [0.15, 0.2) is 60.7 Å². The molecule has 3 N–H and O–H groups in total. The normalized spacial score (nSPS) is 15.6. The van der Waals surface area contributed by atoms with Crippen molar-refractivity contribution in [3.05, 3.63) is 71.8 Å². The molecule has 1 aliphatic heterocycles. The Morgan fingerprint density at radius 2 is 1.71 bits per heavy atom. The zero-order chi connectivity index (χ0) is 19.8. The summed E-state index contributed by atoms with van der Waals surface area (Å²) in [6.07, 6.45) is 6.00. The molecule has 5 nitrogen and oxygen atoms in total. The van der Waals surface area contributed by atoms with E-state index in [-0.39, 0.29) is 17.7 Å². The van der Waals surface area contributed by atoms with Gasteiger partial charge in [0.1, 0.15) is 0 Å². The van der Waals surface area contributed by atoms with Crippen molar-refractivity contribution >= 4 is 23.6 Å². The van der Waals surface area contributed by atoms with Gasteiger partial charge in [0.15, 0.2) is 0 Å². The van der Waals surface area contributed by atoms with Crippen molar-refractivity contribution in [1.82, 2.24) is 4.90 Å². The number of rotatable bonds is 7. The lowest BCUT2D eigenvalue weighted by Gasteiger charge is -2.30. The van der Waals surface area contributed by atoms with E-state index in [1.165, 1.54) is 5.56 Å². The Hall–Kier alpha value is -2.92. The van der Waals surface area contributed by atoms with Crippen LogP contribution in [0.5, 0.6) is 0 Å². The van der Waals surface area contributed by atoms with Gasteiger partial charge in [0.2, 0.25) is 11.8 Å². The highest BCUT2D eigenvalue weighted by Crippen LogP contribution is 2.17. The maximum atomic E-state index is 12.0. The molecule has 0 unspecified atom stereocenters. The fourth-order valence-electron chi connectivity index (χ4n) is 3.40. The summed E-state index contributed by atoms with van der Waals surface area (Å²) in [5.74, 6) is -0.278. The molecule has 2 amide bonds. The summed E-state index contributed by atoms with van der Waals surface area (Å²) in [6.45, 7) is 2.82. The van der Waals surface area contributed by atoms with Crippen molar-refractivity contribution in [2.45, 2.75) is 19.3 Å². The van der Waals surface area contributed by atoms with Gasteiger partial charge >= 0.3 is 0 Å². The molecule has 0 aliphatic carbocycles. The predicted molar refractivity (Wildman–Crippen MR) is 113 cm³/mol. The molecule has 0 aromatic heterocycles. The second kappa shape index (κ2) is 9.85. The molecule has 2 aromatic carbocycles. The number of piperidine rings is 1. The first-order chi connectivity index (χ1) is 13.6. The van der Waals surface area contributed by atoms with Crippen LogP contribution in [-0.4, -0.2) is 36.3 Å². The van der Waals surface area contributed by atoms with Crippen LogP contribution in [-0.2, 0) is 16.0 Å². The van der Waals surface area contributed by atoms with Crippen molar-refractivity contribution in [3.63, 3.8) is 0 Å². The first-order valence-corrected chi connectivity index (χ1v) is 9.75. The molecule has 2 aromatic rings. The van der Waals surface area contributed by atoms with E-state index < -0.39 is 0 Å². The van der Waals surface area contributed by atoms with Crippen LogP contribution in [0, 0.1) is 5.92 Å². The number of carbonyl (C=O) groups excluding carboxylic acids is 2. The lowest BCUT2D eigenvalue weighted by molar-refractivity contribution is -0.123. The number of nitrogens with zero attached hydrogens (tertiary/aromatic N) is 1. The largest absolute Gasteiger partial charge is 0.369 e. The van der Waals surface area contributed by atoms with Crippen LogP contribution in [0.1, 0.15) is 24.0 Å². The van der Waals surface area contributed by atoms with Crippen LogP contribution in [0.4, 0.5) is 5.69 Å². The van der Waals surface area contributed by atoms with Gasteiger partial charge in [-0.05, 0) is 61.7 Å². The van der Waals surface area contributed by atoms with Gasteiger partial charge < -0.3 is 16.0 Å². The lowest BCUT2D eigenvalue weighted by Crippen LogP contribution is -2.39. The first kappa shape index (κ1) is 19.8. The van der Waals surface area contributed by atoms with Crippen molar-refractivity contribution < 1.29 is 9.59 Å². The molecule has 0 atom stereocenters. The quantitative estimate of drug-likeness (QED) is 0.728. The molecule has 0 spiro atoms. The standard InChI is InChI=1S/C23H27N3O2/c24-23(28)20-13-16-26(17-14-20)15-12-19-6-9-21(10-7-19)25-22(27)11-8-18-4-2-1-3-5-18/h1-11,20H,12-17H2,(H2,24,28)(H,25,27)/b11-8+. The summed E-state index contributed by atoms with van der Waals surface area (Å²) in [7, 11) is 0. The molecular formula is C23H27N3O2. The zero-order valence-corrected chi connectivity index (χ0v) is 16.0. The van der Waals surface area contributed by atoms with Gasteiger partial charge in [-0.25, -0.2) is 0 Å². The van der Waals surface area contributed by atoms with E-state index in [1.54, 1.807) is 12.2 Å². The average molecular weight is 377 g/mol. The molecule has 5 heteroatoms. The fraction of sp³-hybridized carbons (Fsp3) is 0.304. The summed E-state index contributed by atoms with van der Waals surface area (Å²) < 4.78 is 0. The molecule has 3 rings (SSSR count). The predicted octanol–water partition coefficient (Wildman–Crippen LogP) is 3.08. The molecule has 28 heavy (non-hydrogen) atoms. The number of nitrogens with one attached hydrogen (secondary N) is 1. The monoisotopic (exact) mass is 377 g/mol. The summed E-state index contributed by atoms with van der Waals surface area (Å²) in [5, 5.41) is 2.88. The van der Waals surface area contributed by atoms with Gasteiger partial charge in [0.25, 0.3) is 0 Å². The van der Waals surface area contributed by atoms with Crippen molar-refractivity contribution in [2.75, 3.05) is 25.0 Å². The summed E-state index contributed by atoms with van der Waals surface area (Å²) in [6, 6.07) is 17.7. The summed E-state index contributed by atoms with van der Waals surface area (Å²) in [5.41, 5.74) is 8.39. The fourth-order valence-corrected chi connectivity index (χ4v) is 3.40. The Morgan fingerprint density at radius 1 is 1.04 bits per heavy atom. The number of likely N-dealkylation sites (tertiary alicyclic amines) is 1. The second-order valence-corrected chi connectivity index (χ2v) is 7.20. The Morgan fingerprint density at radius 3 is 2.36 bits per heavy atom. The Labute approximate surface area is 166 Å². The third-order valence-electron chi connectivity index (χ3n) is 5.15. The van der Waals surface area contributed by atoms with Crippen LogP contribution >= 0.6 is 0 Å². The van der Waals surface area contributed by atoms with Gasteiger partial charge in [-0.1, -0.05) is 42.5 Å². The first-order valence-electron chi connectivity index (χ1n) is 9.75. The van der Waals surface area contributed by atoms with Crippen molar-refractivity contribution in [2.24, 2.45) is 11.7 Å². The van der Waals surface area contributed by atoms with E-state index in [0.717, 1.165) is 50.1 Å². The molecular weight excluding hydrogens is 350 g/mol. The molecule has 1 heterocycles. The number of primary amides is 1. The number of hydrogen-bond acceptors (Lipinski definition) is 3. The molecule has 1 fully saturated rings. The smallest absolute Gasteiger partial charge is 0.248 e. The molecule has 0 bridgehead atoms. The Balaban J connectivity index is 1.43. The topological polar surface area (TPSA) is 75.4 Å².